The van der Waals surface area contributed by atoms with E-state index in [4.69, 9.17) is 4.74 Å². The van der Waals surface area contributed by atoms with Gasteiger partial charge in [-0.05, 0) is 36.4 Å². The number of amides is 1. The Morgan fingerprint density at radius 3 is 2.76 bits per heavy atom. The number of carbonyl (C=O) groups is 2. The average Bonchev–Trinajstić information content (AvgIpc) is 3.42. The monoisotopic (exact) mass is 461 g/mol. The van der Waals surface area contributed by atoms with Crippen molar-refractivity contribution in [1.82, 2.24) is 24.3 Å². The number of pyridine rings is 1. The van der Waals surface area contributed by atoms with Crippen LogP contribution in [0.3, 0.4) is 0 Å². The normalized spacial score (nSPS) is 10.9. The molecule has 0 atom stereocenters. The Morgan fingerprint density at radius 2 is 2.00 bits per heavy atom. The number of anilines is 2. The lowest BCUT2D eigenvalue weighted by molar-refractivity contribution is -0.116. The molecular weight excluding hydrogens is 434 g/mol. The van der Waals surface area contributed by atoms with E-state index in [-0.39, 0.29) is 12.3 Å². The second kappa shape index (κ2) is 10.2. The molecule has 10 nitrogen and oxygen atoms in total. The lowest BCUT2D eigenvalue weighted by Gasteiger charge is -2.10. The van der Waals surface area contributed by atoms with Crippen molar-refractivity contribution in [3.05, 3.63) is 54.9 Å². The number of imidazole rings is 1. The summed E-state index contributed by atoms with van der Waals surface area (Å²) in [5, 5.41) is 12.2. The van der Waals surface area contributed by atoms with Gasteiger partial charge in [0, 0.05) is 43.4 Å². The first-order valence-electron chi connectivity index (χ1n) is 11.1. The molecule has 0 aliphatic carbocycles. The van der Waals surface area contributed by atoms with Gasteiger partial charge in [0.15, 0.2) is 5.82 Å². The Morgan fingerprint density at radius 1 is 1.15 bits per heavy atom. The van der Waals surface area contributed by atoms with Gasteiger partial charge in [-0.2, -0.15) is 5.10 Å². The Bertz CT molecular complexity index is 1330. The number of aryl methyl sites for hydroxylation is 2. The standard InChI is InChI=1S/C24H27N7O3/c1-4-11-34-24(33)31-15-21(28-16(31)2)29-22(32)8-10-26-23-20-12-18(19-13-27-30(3)14-19)6-5-17(20)7-9-25-23/h5-7,9,12-15H,4,8,10-11H2,1-3H3,(H,25,26)(H,29,32). The third kappa shape index (κ3) is 5.22. The Kier molecular flexibility index (Phi) is 6.86. The van der Waals surface area contributed by atoms with Crippen molar-refractivity contribution in [3.63, 3.8) is 0 Å². The van der Waals surface area contributed by atoms with Crippen molar-refractivity contribution in [2.75, 3.05) is 23.8 Å². The highest BCUT2D eigenvalue weighted by molar-refractivity contribution is 5.95. The summed E-state index contributed by atoms with van der Waals surface area (Å²) in [6.45, 7) is 4.31. The molecule has 0 unspecified atom stereocenters. The van der Waals surface area contributed by atoms with E-state index < -0.39 is 6.09 Å². The van der Waals surface area contributed by atoms with Gasteiger partial charge in [-0.15, -0.1) is 0 Å². The maximum Gasteiger partial charge on any atom is 0.419 e. The summed E-state index contributed by atoms with van der Waals surface area (Å²) in [4.78, 5) is 33.1. The molecule has 0 fully saturated rings. The van der Waals surface area contributed by atoms with Crippen molar-refractivity contribution in [2.45, 2.75) is 26.7 Å². The van der Waals surface area contributed by atoms with Crippen LogP contribution in [0.1, 0.15) is 25.6 Å². The molecule has 0 aliphatic heterocycles. The predicted molar refractivity (Wildman–Crippen MR) is 130 cm³/mol. The smallest absolute Gasteiger partial charge is 0.419 e. The van der Waals surface area contributed by atoms with Gasteiger partial charge in [0.2, 0.25) is 5.91 Å². The van der Waals surface area contributed by atoms with Crippen molar-refractivity contribution in [3.8, 4) is 11.1 Å². The molecule has 4 aromatic rings. The molecule has 0 spiro atoms. The second-order valence-corrected chi connectivity index (χ2v) is 7.88. The van der Waals surface area contributed by atoms with Crippen LogP contribution in [0.15, 0.2) is 49.1 Å². The van der Waals surface area contributed by atoms with Crippen LogP contribution in [0.5, 0.6) is 0 Å². The number of hydrogen-bond acceptors (Lipinski definition) is 7. The van der Waals surface area contributed by atoms with E-state index in [1.54, 1.807) is 17.8 Å². The first-order chi connectivity index (χ1) is 16.4. The highest BCUT2D eigenvalue weighted by Gasteiger charge is 2.14. The molecule has 176 valence electrons. The van der Waals surface area contributed by atoms with Gasteiger partial charge >= 0.3 is 6.09 Å². The van der Waals surface area contributed by atoms with Crippen LogP contribution in [-0.4, -0.2) is 49.5 Å². The van der Waals surface area contributed by atoms with Crippen molar-refractivity contribution in [2.24, 2.45) is 7.05 Å². The molecule has 34 heavy (non-hydrogen) atoms. The molecule has 1 amide bonds. The fourth-order valence-electron chi connectivity index (χ4n) is 3.54. The number of aromatic nitrogens is 5. The number of hydrogen-bond donors (Lipinski definition) is 2. The predicted octanol–water partition coefficient (Wildman–Crippen LogP) is 3.98. The molecular formula is C24H27N7O3. The van der Waals surface area contributed by atoms with Gasteiger partial charge in [0.05, 0.1) is 19.0 Å². The molecule has 0 aliphatic rings. The fourth-order valence-corrected chi connectivity index (χ4v) is 3.54. The van der Waals surface area contributed by atoms with Crippen LogP contribution in [-0.2, 0) is 16.6 Å². The van der Waals surface area contributed by atoms with Gasteiger partial charge in [-0.1, -0.05) is 19.1 Å². The van der Waals surface area contributed by atoms with Crippen molar-refractivity contribution < 1.29 is 14.3 Å². The summed E-state index contributed by atoms with van der Waals surface area (Å²) < 4.78 is 8.16. The average molecular weight is 462 g/mol. The van der Waals surface area contributed by atoms with E-state index in [9.17, 15) is 9.59 Å². The molecule has 0 saturated heterocycles. The minimum Gasteiger partial charge on any atom is -0.449 e. The zero-order valence-corrected chi connectivity index (χ0v) is 19.4. The lowest BCUT2D eigenvalue weighted by atomic mass is 10.0. The summed E-state index contributed by atoms with van der Waals surface area (Å²) in [6, 6.07) is 8.11. The molecule has 4 rings (SSSR count). The summed E-state index contributed by atoms with van der Waals surface area (Å²) in [5.41, 5.74) is 2.06. The topological polar surface area (TPSA) is 116 Å². The zero-order valence-electron chi connectivity index (χ0n) is 19.4. The second-order valence-electron chi connectivity index (χ2n) is 7.88. The molecule has 2 N–H and O–H groups in total. The molecule has 3 heterocycles. The van der Waals surface area contributed by atoms with Gasteiger partial charge in [0.1, 0.15) is 11.6 Å². The molecule has 10 heteroatoms. The number of nitrogens with one attached hydrogen (secondary N) is 2. The quantitative estimate of drug-likeness (QED) is 0.408. The molecule has 0 saturated carbocycles. The molecule has 1 aromatic carbocycles. The number of fused-ring (bicyclic) bond motifs is 1. The van der Waals surface area contributed by atoms with E-state index >= 15 is 0 Å². The minimum atomic E-state index is -0.512. The Labute approximate surface area is 197 Å². The largest absolute Gasteiger partial charge is 0.449 e. The molecule has 0 bridgehead atoms. The minimum absolute atomic E-state index is 0.201. The van der Waals surface area contributed by atoms with E-state index in [2.05, 4.69) is 37.8 Å². The Balaban J connectivity index is 1.38. The van der Waals surface area contributed by atoms with Crippen molar-refractivity contribution >= 4 is 34.4 Å². The number of rotatable bonds is 8. The maximum absolute atomic E-state index is 12.4. The number of carbonyl (C=O) groups excluding carboxylic acids is 2. The van der Waals surface area contributed by atoms with Crippen LogP contribution in [0.2, 0.25) is 0 Å². The van der Waals surface area contributed by atoms with Crippen LogP contribution >= 0.6 is 0 Å². The maximum atomic E-state index is 12.4. The van der Waals surface area contributed by atoms with Crippen molar-refractivity contribution in [1.29, 1.82) is 0 Å². The van der Waals surface area contributed by atoms with E-state index in [0.717, 1.165) is 28.3 Å². The van der Waals surface area contributed by atoms with Crippen LogP contribution in [0.25, 0.3) is 21.9 Å². The number of nitrogens with zero attached hydrogens (tertiary/aromatic N) is 5. The number of ether oxygens (including phenoxy) is 1. The van der Waals surface area contributed by atoms with Crippen LogP contribution < -0.4 is 10.6 Å². The summed E-state index contributed by atoms with van der Waals surface area (Å²) in [5.74, 6) is 1.23. The van der Waals surface area contributed by atoms with Crippen LogP contribution in [0, 0.1) is 6.92 Å². The lowest BCUT2D eigenvalue weighted by Crippen LogP contribution is -2.17. The van der Waals surface area contributed by atoms with Gasteiger partial charge in [-0.3, -0.25) is 9.48 Å². The third-order valence-corrected chi connectivity index (χ3v) is 5.22. The van der Waals surface area contributed by atoms with E-state index in [0.29, 0.717) is 30.6 Å². The number of benzene rings is 1. The molecule has 0 radical (unpaired) electrons. The first kappa shape index (κ1) is 23.0. The summed E-state index contributed by atoms with van der Waals surface area (Å²) in [6.07, 6.45) is 7.40. The van der Waals surface area contributed by atoms with Crippen LogP contribution in [0.4, 0.5) is 16.4 Å². The first-order valence-corrected chi connectivity index (χ1v) is 11.1. The SMILES string of the molecule is CCCOC(=O)n1cc(NC(=O)CCNc2nccc3ccc(-c4cnn(C)c4)cc23)nc1C. The van der Waals surface area contributed by atoms with Gasteiger partial charge < -0.3 is 15.4 Å². The fraction of sp³-hybridized carbons (Fsp3) is 0.292. The summed E-state index contributed by atoms with van der Waals surface area (Å²) in [7, 11) is 1.88. The molecule has 3 aromatic heterocycles. The highest BCUT2D eigenvalue weighted by atomic mass is 16.5. The Hall–Kier alpha value is -4.21. The van der Waals surface area contributed by atoms with Gasteiger partial charge in [0.25, 0.3) is 0 Å². The highest BCUT2D eigenvalue weighted by Crippen LogP contribution is 2.27. The zero-order chi connectivity index (χ0) is 24.1. The van der Waals surface area contributed by atoms with Gasteiger partial charge in [-0.25, -0.2) is 19.3 Å². The third-order valence-electron chi connectivity index (χ3n) is 5.22. The van der Waals surface area contributed by atoms with E-state index in [1.165, 1.54) is 10.8 Å². The van der Waals surface area contributed by atoms with E-state index in [1.807, 2.05) is 38.5 Å². The summed E-state index contributed by atoms with van der Waals surface area (Å²) >= 11 is 0.